The molecule has 0 saturated carbocycles. The SMILES string of the molecule is CC(c1ccccc1)c1cc(C(C)c2ccccc2)c(OC[C@H](C)CO)c(C(C)c2ccccc2)c1.CCC(O)COc1c(C(C)c2ccccc2)cc(C(C)c2ccccc2)cc1C(C)c1ccccc1. The van der Waals surface area contributed by atoms with Crippen LogP contribution in [-0.4, -0.2) is 36.1 Å². The fraction of sp³-hybridized carbons (Fsp3) is 0.294. The van der Waals surface area contributed by atoms with E-state index < -0.39 is 6.10 Å². The van der Waals surface area contributed by atoms with Crippen molar-refractivity contribution in [1.82, 2.24) is 0 Å². The zero-order valence-corrected chi connectivity index (χ0v) is 43.8. The van der Waals surface area contributed by atoms with E-state index in [1.165, 1.54) is 66.8 Å². The first kappa shape index (κ1) is 53.1. The maximum atomic E-state index is 10.4. The van der Waals surface area contributed by atoms with E-state index in [9.17, 15) is 10.2 Å². The van der Waals surface area contributed by atoms with Gasteiger partial charge in [-0.1, -0.05) is 262 Å². The van der Waals surface area contributed by atoms with E-state index in [4.69, 9.17) is 9.47 Å². The maximum absolute atomic E-state index is 10.4. The molecule has 0 saturated heterocycles. The Balaban J connectivity index is 0.000000211. The standard InChI is InChI=1S/2C34H38O2/c1-24(22-35)23-36-34-32(26(3)29-16-10-6-11-17-29)20-31(25(2)28-14-8-5-9-15-28)21-33(34)27(4)30-18-12-7-13-19-30;1-5-31(35)23-36-34-32(25(3)28-17-11-7-12-18-28)21-30(24(2)27-15-9-6-10-16-27)22-33(34)26(4)29-19-13-8-14-20-29/h5-21,24-27,35H,22-23H2,1-4H3;6-22,24-26,31,35H,5,23H2,1-4H3/t24-,25?,26?,27?;/m1./s1. The molecule has 0 aliphatic carbocycles. The molecule has 2 N–H and O–H groups in total. The minimum atomic E-state index is -0.493. The maximum Gasteiger partial charge on any atom is 0.127 e. The quantitative estimate of drug-likeness (QED) is 0.0799. The van der Waals surface area contributed by atoms with Gasteiger partial charge in [0.2, 0.25) is 0 Å². The van der Waals surface area contributed by atoms with Crippen molar-refractivity contribution in [2.75, 3.05) is 19.8 Å². The van der Waals surface area contributed by atoms with Crippen LogP contribution in [-0.2, 0) is 0 Å². The highest BCUT2D eigenvalue weighted by Crippen LogP contribution is 2.45. The molecule has 0 aliphatic rings. The first-order valence-corrected chi connectivity index (χ1v) is 26.2. The third-order valence-corrected chi connectivity index (χ3v) is 14.7. The van der Waals surface area contributed by atoms with Gasteiger partial charge in [-0.15, -0.1) is 0 Å². The first-order chi connectivity index (χ1) is 35.0. The summed E-state index contributed by atoms with van der Waals surface area (Å²) in [5.74, 6) is 3.02. The van der Waals surface area contributed by atoms with E-state index in [0.717, 1.165) is 11.5 Å². The Morgan fingerprint density at radius 3 is 0.806 bits per heavy atom. The van der Waals surface area contributed by atoms with Crippen molar-refractivity contribution in [1.29, 1.82) is 0 Å². The number of ether oxygens (including phenoxy) is 2. The summed E-state index contributed by atoms with van der Waals surface area (Å²) in [7, 11) is 0. The summed E-state index contributed by atoms with van der Waals surface area (Å²) >= 11 is 0. The Kier molecular flexibility index (Phi) is 19.3. The zero-order chi connectivity index (χ0) is 51.0. The molecule has 8 aromatic rings. The molecule has 4 heteroatoms. The van der Waals surface area contributed by atoms with Crippen molar-refractivity contribution in [2.24, 2.45) is 5.92 Å². The predicted molar refractivity (Wildman–Crippen MR) is 300 cm³/mol. The van der Waals surface area contributed by atoms with Gasteiger partial charge in [-0.2, -0.15) is 0 Å². The number of aliphatic hydroxyl groups excluding tert-OH is 2. The summed E-state index contributed by atoms with van der Waals surface area (Å²) in [6.07, 6.45) is 0.170. The molecule has 0 bridgehead atoms. The predicted octanol–water partition coefficient (Wildman–Crippen LogP) is 16.4. The molecule has 0 fully saturated rings. The van der Waals surface area contributed by atoms with Crippen LogP contribution in [0, 0.1) is 5.92 Å². The molecule has 372 valence electrons. The molecule has 0 spiro atoms. The van der Waals surface area contributed by atoms with Gasteiger partial charge in [-0.05, 0) is 50.9 Å². The molecule has 4 nitrogen and oxygen atoms in total. The van der Waals surface area contributed by atoms with E-state index in [1.807, 2.05) is 13.8 Å². The van der Waals surface area contributed by atoms with Gasteiger partial charge in [0.15, 0.2) is 0 Å². The molecule has 7 unspecified atom stereocenters. The summed E-state index contributed by atoms with van der Waals surface area (Å²) in [6, 6.07) is 73.3. The van der Waals surface area contributed by atoms with Gasteiger partial charge < -0.3 is 19.7 Å². The van der Waals surface area contributed by atoms with Gasteiger partial charge >= 0.3 is 0 Å². The molecule has 8 atom stereocenters. The normalized spacial score (nSPS) is 14.6. The molecule has 0 amide bonds. The fourth-order valence-corrected chi connectivity index (χ4v) is 9.65. The summed E-state index contributed by atoms with van der Waals surface area (Å²) in [4.78, 5) is 0. The van der Waals surface area contributed by atoms with Crippen molar-refractivity contribution in [3.8, 4) is 11.5 Å². The average Bonchev–Trinajstić information content (AvgIpc) is 3.45. The second kappa shape index (κ2) is 26.1. The highest BCUT2D eigenvalue weighted by Gasteiger charge is 2.27. The third-order valence-electron chi connectivity index (χ3n) is 14.7. The molecule has 8 rings (SSSR count). The topological polar surface area (TPSA) is 58.9 Å². The minimum Gasteiger partial charge on any atom is -0.493 e. The van der Waals surface area contributed by atoms with Crippen LogP contribution in [0.5, 0.6) is 11.5 Å². The lowest BCUT2D eigenvalue weighted by Crippen LogP contribution is -2.19. The van der Waals surface area contributed by atoms with E-state index in [-0.39, 0.29) is 54.6 Å². The van der Waals surface area contributed by atoms with Gasteiger partial charge in [0.25, 0.3) is 0 Å². The van der Waals surface area contributed by atoms with E-state index in [1.54, 1.807) is 0 Å². The molecule has 0 aromatic heterocycles. The Morgan fingerprint density at radius 1 is 0.333 bits per heavy atom. The van der Waals surface area contributed by atoms with E-state index in [2.05, 4.69) is 248 Å². The number of rotatable bonds is 20. The smallest absolute Gasteiger partial charge is 0.127 e. The number of aliphatic hydroxyl groups is 2. The van der Waals surface area contributed by atoms with Crippen molar-refractivity contribution in [2.45, 2.75) is 103 Å². The van der Waals surface area contributed by atoms with Crippen molar-refractivity contribution in [3.63, 3.8) is 0 Å². The summed E-state index contributed by atoms with van der Waals surface area (Å²) in [6.45, 7) is 18.5. The first-order valence-electron chi connectivity index (χ1n) is 26.2. The molecule has 8 aromatic carbocycles. The van der Waals surface area contributed by atoms with Crippen molar-refractivity contribution >= 4 is 0 Å². The van der Waals surface area contributed by atoms with Gasteiger partial charge in [-0.3, -0.25) is 0 Å². The van der Waals surface area contributed by atoms with Crippen LogP contribution < -0.4 is 9.47 Å². The van der Waals surface area contributed by atoms with E-state index >= 15 is 0 Å². The van der Waals surface area contributed by atoms with Crippen molar-refractivity contribution in [3.05, 3.63) is 273 Å². The minimum absolute atomic E-state index is 0.0627. The van der Waals surface area contributed by atoms with Crippen molar-refractivity contribution < 1.29 is 19.7 Å². The van der Waals surface area contributed by atoms with Gasteiger partial charge in [-0.25, -0.2) is 0 Å². The number of hydrogen-bond acceptors (Lipinski definition) is 4. The zero-order valence-electron chi connectivity index (χ0n) is 43.8. The lowest BCUT2D eigenvalue weighted by molar-refractivity contribution is 0.103. The second-order valence-electron chi connectivity index (χ2n) is 19.8. The Labute approximate surface area is 431 Å². The molecule has 0 radical (unpaired) electrons. The summed E-state index contributed by atoms with van der Waals surface area (Å²) in [5.41, 5.74) is 14.9. The lowest BCUT2D eigenvalue weighted by atomic mass is 9.81. The van der Waals surface area contributed by atoms with Crippen LogP contribution in [0.15, 0.2) is 206 Å². The van der Waals surface area contributed by atoms with E-state index in [0.29, 0.717) is 13.0 Å². The second-order valence-corrected chi connectivity index (χ2v) is 19.8. The van der Waals surface area contributed by atoms with Gasteiger partial charge in [0.1, 0.15) is 18.1 Å². The van der Waals surface area contributed by atoms with Crippen LogP contribution in [0.1, 0.15) is 164 Å². The molecule has 0 heterocycles. The van der Waals surface area contributed by atoms with Crippen LogP contribution in [0.25, 0.3) is 0 Å². The number of hydrogen-bond donors (Lipinski definition) is 2. The third kappa shape index (κ3) is 13.4. The largest absolute Gasteiger partial charge is 0.493 e. The van der Waals surface area contributed by atoms with Crippen LogP contribution in [0.2, 0.25) is 0 Å². The number of benzene rings is 8. The molecular formula is C68H76O4. The summed E-state index contributed by atoms with van der Waals surface area (Å²) in [5, 5.41) is 20.1. The van der Waals surface area contributed by atoms with Crippen LogP contribution in [0.3, 0.4) is 0 Å². The van der Waals surface area contributed by atoms with Crippen LogP contribution >= 0.6 is 0 Å². The molecule has 72 heavy (non-hydrogen) atoms. The molecular weight excluding hydrogens is 881 g/mol. The lowest BCUT2D eigenvalue weighted by Gasteiger charge is -2.27. The summed E-state index contributed by atoms with van der Waals surface area (Å²) < 4.78 is 13.1. The monoisotopic (exact) mass is 957 g/mol. The van der Waals surface area contributed by atoms with Crippen LogP contribution in [0.4, 0.5) is 0 Å². The highest BCUT2D eigenvalue weighted by atomic mass is 16.5. The average molecular weight is 957 g/mol. The fourth-order valence-electron chi connectivity index (χ4n) is 9.65. The highest BCUT2D eigenvalue weighted by molar-refractivity contribution is 5.56. The molecule has 0 aliphatic heterocycles. The van der Waals surface area contributed by atoms with Gasteiger partial charge in [0, 0.05) is 70.3 Å². The Hall–Kier alpha value is -6.72. The van der Waals surface area contributed by atoms with Gasteiger partial charge in [0.05, 0.1) is 12.7 Å². The Bertz CT molecular complexity index is 2500. The Morgan fingerprint density at radius 2 is 0.569 bits per heavy atom.